The molecule has 91 heavy (non-hydrogen) atoms. The van der Waals surface area contributed by atoms with Gasteiger partial charge < -0.3 is 8.23 Å². The Morgan fingerprint density at radius 3 is 0.308 bits per heavy atom. The highest BCUT2D eigenvalue weighted by molar-refractivity contribution is 6.93. The van der Waals surface area contributed by atoms with Crippen molar-refractivity contribution in [3.05, 3.63) is 0 Å². The van der Waals surface area contributed by atoms with Crippen molar-refractivity contribution in [3.63, 3.8) is 0 Å². The molecular formula is C26F60O2Si3. The van der Waals surface area contributed by atoms with Crippen molar-refractivity contribution in [2.24, 2.45) is 0 Å². The SMILES string of the molecule is FC(F)(F)C(F)(F)C(F)(F)C(F)(F)[Si](O[Si](F)(O[Si](C(F)(F)C(F)(F)C(F)(F)C(F)(F)F)(C(F)(F)C(F)(F)C(F)(F)C(F)(F)F)C(F)(F)C(F)(F)C(F)(F)C(F)(F)F)C(F)(F)C(F)(F)F)(C(F)(F)C(F)(F)C(F)(F)C(F)(F)F)C(F)(F)C(F)(F)C(F)(F)C(F)(F)F. The van der Waals surface area contributed by atoms with Crippen LogP contribution in [-0.2, 0) is 8.23 Å². The molecule has 0 unspecified atom stereocenters. The van der Waals surface area contributed by atoms with Crippen molar-refractivity contribution in [1.82, 2.24) is 0 Å². The Kier molecular flexibility index (Phi) is 20.3. The second-order valence-corrected chi connectivity index (χ2v) is 26.3. The second-order valence-electron chi connectivity index (χ2n) is 16.5. The number of halogens is 60. The Bertz CT molecular complexity index is 2180. The van der Waals surface area contributed by atoms with E-state index in [1.54, 1.807) is 0 Å². The summed E-state index contributed by atoms with van der Waals surface area (Å²) < 4.78 is 870. The van der Waals surface area contributed by atoms with Gasteiger partial charge >= 0.3 is 179 Å². The van der Waals surface area contributed by atoms with Gasteiger partial charge in [0.1, 0.15) is 0 Å². The van der Waals surface area contributed by atoms with E-state index < -0.39 is 179 Å². The van der Waals surface area contributed by atoms with Crippen LogP contribution in [0.5, 0.6) is 0 Å². The minimum atomic E-state index is -16.8. The van der Waals surface area contributed by atoms with Crippen LogP contribution in [0.2, 0.25) is 0 Å². The average Bonchev–Trinajstić information content (AvgIpc) is 3.25. The Morgan fingerprint density at radius 1 is 0.132 bits per heavy atom. The van der Waals surface area contributed by atoms with Gasteiger partial charge in [0.15, 0.2) is 0 Å². The number of hydrogen-bond acceptors (Lipinski definition) is 2. The molecule has 0 N–H and O–H groups in total. The van der Waals surface area contributed by atoms with E-state index in [9.17, 15) is 145 Å². The van der Waals surface area contributed by atoms with E-state index >= 15 is 118 Å². The lowest BCUT2D eigenvalue weighted by Gasteiger charge is -2.56. The Hall–Kier alpha value is -3.63. The fourth-order valence-electron chi connectivity index (χ4n) is 5.86. The van der Waals surface area contributed by atoms with Crippen LogP contribution < -0.4 is 0 Å². The summed E-state index contributed by atoms with van der Waals surface area (Å²) in [5.74, 6) is -138. The summed E-state index contributed by atoms with van der Waals surface area (Å²) in [5.41, 5.74) is -89.3. The summed E-state index contributed by atoms with van der Waals surface area (Å²) in [6.07, 6.45) is -71.7. The third-order valence-corrected chi connectivity index (χ3v) is 23.6. The van der Waals surface area contributed by atoms with E-state index in [1.165, 1.54) is 0 Å². The molecule has 0 aromatic carbocycles. The van der Waals surface area contributed by atoms with Gasteiger partial charge in [-0.2, -0.15) is 206 Å². The smallest absolute Gasteiger partial charge is 0.395 e. The summed E-state index contributed by atoms with van der Waals surface area (Å²) in [4.78, 5) is 0. The van der Waals surface area contributed by atoms with Crippen LogP contribution in [0.4, 0.5) is 263 Å². The Labute approximate surface area is 451 Å². The predicted octanol–water partition coefficient (Wildman–Crippen LogP) is 18.6. The van der Waals surface area contributed by atoms with Crippen molar-refractivity contribution in [1.29, 1.82) is 0 Å². The highest BCUT2D eigenvalue weighted by Gasteiger charge is 3.12. The molecule has 0 saturated heterocycles. The monoisotopic (exact) mass is 1570 g/mol. The zero-order valence-corrected chi connectivity index (χ0v) is 41.0. The van der Waals surface area contributed by atoms with Crippen LogP contribution in [0.25, 0.3) is 0 Å². The van der Waals surface area contributed by atoms with Gasteiger partial charge in [0.2, 0.25) is 0 Å². The standard InChI is InChI=1S/C26F60O2Si3/c27-1(28,13(51,52)53)7(39,40)20(72,73)89(21(74,75)8(41,42)2(29,30)14(54,55)56,22(76,77)9(43,44)3(31,32)15(57,58)59)87-91(86,26(84,85)19(69,70)71)88-90(23(78,79)10(45,46)4(33,34)16(60,61)62,24(80,81)11(47,48)5(35,36)17(63,64)65)25(82,83)12(49,50)6(37,38)18(66,67)68. The molecule has 0 aromatic heterocycles. The molecule has 0 bridgehead atoms. The first kappa shape index (κ1) is 87.4. The van der Waals surface area contributed by atoms with E-state index in [0.29, 0.717) is 0 Å². The van der Waals surface area contributed by atoms with Gasteiger partial charge in [-0.25, -0.2) is 56.8 Å². The molecule has 0 spiro atoms. The van der Waals surface area contributed by atoms with Crippen molar-refractivity contribution < 1.29 is 271 Å². The van der Waals surface area contributed by atoms with Crippen LogP contribution in [0, 0.1) is 0 Å². The first-order chi connectivity index (χ1) is 37.9. The maximum Gasteiger partial charge on any atom is 0.604 e. The normalized spacial score (nSPS) is 17.5. The summed E-state index contributed by atoms with van der Waals surface area (Å²) >= 11 is 0. The highest BCUT2D eigenvalue weighted by Crippen LogP contribution is 2.75. The minimum Gasteiger partial charge on any atom is -0.395 e. The molecule has 548 valence electrons. The minimum absolute atomic E-state index is 0.371. The van der Waals surface area contributed by atoms with Gasteiger partial charge in [-0.15, -0.1) is 0 Å². The molecule has 0 aromatic rings. The number of hydrogen-bond donors (Lipinski definition) is 0. The van der Waals surface area contributed by atoms with Crippen LogP contribution in [-0.4, -0.2) is 179 Å². The predicted molar refractivity (Wildman–Crippen MR) is 157 cm³/mol. The molecule has 0 amide bonds. The molecular weight excluding hydrogens is 1570 g/mol. The lowest BCUT2D eigenvalue weighted by atomic mass is 10.1. The molecule has 0 heterocycles. The van der Waals surface area contributed by atoms with Crippen LogP contribution >= 0.6 is 0 Å². The average molecular weight is 1570 g/mol. The van der Waals surface area contributed by atoms with E-state index in [-0.39, 0.29) is 8.23 Å². The quantitative estimate of drug-likeness (QED) is 0.0577. The zero-order valence-electron chi connectivity index (χ0n) is 38.0. The van der Waals surface area contributed by atoms with Gasteiger partial charge in [-0.05, 0) is 0 Å². The van der Waals surface area contributed by atoms with Gasteiger partial charge in [0, 0.05) is 0 Å². The van der Waals surface area contributed by atoms with E-state index in [0.717, 1.165) is 0 Å². The molecule has 65 heteroatoms. The molecule has 2 nitrogen and oxygen atoms in total. The molecule has 0 aliphatic rings. The zero-order chi connectivity index (χ0) is 75.9. The summed E-state index contributed by atoms with van der Waals surface area (Å²) in [6.45, 7) is 0. The fourth-order valence-corrected chi connectivity index (χ4v) is 20.0. The van der Waals surface area contributed by atoms with E-state index in [2.05, 4.69) is 0 Å². The summed E-state index contributed by atoms with van der Waals surface area (Å²) in [5, 5.41) is 0. The topological polar surface area (TPSA) is 18.5 Å². The van der Waals surface area contributed by atoms with E-state index in [4.69, 9.17) is 0 Å². The van der Waals surface area contributed by atoms with Crippen molar-refractivity contribution in [2.45, 2.75) is 153 Å². The first-order valence-electron chi connectivity index (χ1n) is 18.7. The lowest BCUT2D eigenvalue weighted by molar-refractivity contribution is -0.410. The largest absolute Gasteiger partial charge is 0.604 e. The van der Waals surface area contributed by atoms with E-state index in [1.807, 2.05) is 0 Å². The molecule has 0 rings (SSSR count). The summed E-state index contributed by atoms with van der Waals surface area (Å²) in [7, 11) is -49.5. The third-order valence-electron chi connectivity index (χ3n) is 10.8. The fraction of sp³-hybridized carbons (Fsp3) is 1.00. The van der Waals surface area contributed by atoms with Gasteiger partial charge in [0.05, 0.1) is 0 Å². The maximum atomic E-state index is 17.1. The Morgan fingerprint density at radius 2 is 0.231 bits per heavy atom. The third kappa shape index (κ3) is 10.5. The van der Waals surface area contributed by atoms with Crippen molar-refractivity contribution in [2.75, 3.05) is 0 Å². The molecule has 0 aliphatic heterocycles. The summed E-state index contributed by atoms with van der Waals surface area (Å²) in [6, 6.07) is 0. The van der Waals surface area contributed by atoms with Gasteiger partial charge in [-0.1, -0.05) is 0 Å². The highest BCUT2D eigenvalue weighted by atomic mass is 28.5. The van der Waals surface area contributed by atoms with Crippen molar-refractivity contribution in [3.8, 4) is 0 Å². The van der Waals surface area contributed by atoms with Crippen LogP contribution in [0.15, 0.2) is 0 Å². The molecule has 0 fully saturated rings. The molecule has 0 saturated carbocycles. The molecule has 0 atom stereocenters. The first-order valence-corrected chi connectivity index (χ1v) is 24.2. The lowest BCUT2D eigenvalue weighted by Crippen LogP contribution is -2.96. The Balaban J connectivity index is 12.9. The maximum absolute atomic E-state index is 17.1. The molecule has 0 radical (unpaired) electrons. The van der Waals surface area contributed by atoms with Crippen LogP contribution in [0.1, 0.15) is 0 Å². The number of alkyl halides is 59. The number of rotatable bonds is 23. The van der Waals surface area contributed by atoms with Gasteiger partial charge in [-0.3, -0.25) is 0 Å². The molecule has 0 aliphatic carbocycles. The van der Waals surface area contributed by atoms with Crippen molar-refractivity contribution >= 4 is 25.5 Å². The van der Waals surface area contributed by atoms with Gasteiger partial charge in [0.25, 0.3) is 0 Å². The van der Waals surface area contributed by atoms with Crippen LogP contribution in [0.3, 0.4) is 0 Å². The second kappa shape index (κ2) is 21.2.